The van der Waals surface area contributed by atoms with Gasteiger partial charge in [-0.1, -0.05) is 48.0 Å². The molecular weight excluding hydrogens is 246 g/mol. The largest absolute Gasteiger partial charge is 0.362 e. The second kappa shape index (κ2) is 6.03. The highest BCUT2D eigenvalue weighted by atomic mass is 35.5. The molecule has 0 aromatic heterocycles. The van der Waals surface area contributed by atoms with Crippen LogP contribution in [0.3, 0.4) is 0 Å². The Kier molecular flexibility index (Phi) is 4.15. The Balaban J connectivity index is 1.98. The highest BCUT2D eigenvalue weighted by molar-refractivity contribution is 6.30. The zero-order valence-electron chi connectivity index (χ0n) is 9.64. The average Bonchev–Trinajstić information content (AvgIpc) is 2.40. The lowest BCUT2D eigenvalue weighted by Gasteiger charge is -2.00. The third kappa shape index (κ3) is 3.47. The van der Waals surface area contributed by atoms with Crippen molar-refractivity contribution in [2.24, 2.45) is 0 Å². The van der Waals surface area contributed by atoms with E-state index in [-0.39, 0.29) is 5.78 Å². The van der Waals surface area contributed by atoms with Gasteiger partial charge in [-0.25, -0.2) is 0 Å². The van der Waals surface area contributed by atoms with Gasteiger partial charge in [0.05, 0.1) is 0 Å². The molecule has 0 aliphatic heterocycles. The Morgan fingerprint density at radius 1 is 1.06 bits per heavy atom. The van der Waals surface area contributed by atoms with Crippen LogP contribution in [-0.2, 0) is 0 Å². The SMILES string of the molecule is O=C(/C=C/Nc1cccc(Cl)c1)c1ccccc1. The fourth-order valence-electron chi connectivity index (χ4n) is 1.49. The van der Waals surface area contributed by atoms with Gasteiger partial charge < -0.3 is 5.32 Å². The molecule has 0 fully saturated rings. The van der Waals surface area contributed by atoms with E-state index in [1.807, 2.05) is 30.3 Å². The molecule has 0 aliphatic rings. The predicted molar refractivity (Wildman–Crippen MR) is 75.0 cm³/mol. The minimum absolute atomic E-state index is 0.0369. The van der Waals surface area contributed by atoms with Gasteiger partial charge in [-0.05, 0) is 18.2 Å². The first-order chi connectivity index (χ1) is 8.75. The summed E-state index contributed by atoms with van der Waals surface area (Å²) in [4.78, 5) is 11.7. The topological polar surface area (TPSA) is 29.1 Å². The van der Waals surface area contributed by atoms with E-state index in [1.165, 1.54) is 6.08 Å². The van der Waals surface area contributed by atoms with Crippen LogP contribution < -0.4 is 5.32 Å². The van der Waals surface area contributed by atoms with Crippen LogP contribution in [0.5, 0.6) is 0 Å². The number of ketones is 1. The summed E-state index contributed by atoms with van der Waals surface area (Å²) in [7, 11) is 0. The van der Waals surface area contributed by atoms with Crippen molar-refractivity contribution in [3.63, 3.8) is 0 Å². The summed E-state index contributed by atoms with van der Waals surface area (Å²) in [6, 6.07) is 16.4. The molecule has 3 heteroatoms. The van der Waals surface area contributed by atoms with Crippen LogP contribution in [0.2, 0.25) is 5.02 Å². The minimum atomic E-state index is -0.0369. The number of nitrogens with one attached hydrogen (secondary N) is 1. The summed E-state index contributed by atoms with van der Waals surface area (Å²) in [5.41, 5.74) is 1.52. The zero-order chi connectivity index (χ0) is 12.8. The molecular formula is C15H12ClNO. The first-order valence-corrected chi connectivity index (χ1v) is 5.91. The quantitative estimate of drug-likeness (QED) is 0.659. The average molecular weight is 258 g/mol. The molecule has 1 N–H and O–H groups in total. The number of hydrogen-bond donors (Lipinski definition) is 1. The second-order valence-corrected chi connectivity index (χ2v) is 4.15. The van der Waals surface area contributed by atoms with Gasteiger partial charge in [-0.3, -0.25) is 4.79 Å². The molecule has 0 unspecified atom stereocenters. The van der Waals surface area contributed by atoms with Crippen LogP contribution in [0.1, 0.15) is 10.4 Å². The second-order valence-electron chi connectivity index (χ2n) is 3.72. The molecule has 0 saturated carbocycles. The lowest BCUT2D eigenvalue weighted by atomic mass is 10.1. The summed E-state index contributed by atoms with van der Waals surface area (Å²) in [6.45, 7) is 0. The molecule has 0 heterocycles. The number of carbonyl (C=O) groups is 1. The lowest BCUT2D eigenvalue weighted by molar-refractivity contribution is 0.104. The summed E-state index contributed by atoms with van der Waals surface area (Å²) in [6.07, 6.45) is 3.11. The van der Waals surface area contributed by atoms with E-state index in [1.54, 1.807) is 30.5 Å². The molecule has 0 radical (unpaired) electrons. The van der Waals surface area contributed by atoms with Crippen LogP contribution in [0, 0.1) is 0 Å². The number of carbonyl (C=O) groups excluding carboxylic acids is 1. The van der Waals surface area contributed by atoms with E-state index in [0.29, 0.717) is 10.6 Å². The number of anilines is 1. The summed E-state index contributed by atoms with van der Waals surface area (Å²) in [5, 5.41) is 3.66. The molecule has 2 nitrogen and oxygen atoms in total. The van der Waals surface area contributed by atoms with Gasteiger partial charge in [-0.15, -0.1) is 0 Å². The molecule has 0 amide bonds. The molecule has 18 heavy (non-hydrogen) atoms. The maximum atomic E-state index is 11.7. The van der Waals surface area contributed by atoms with Gasteiger partial charge in [0.1, 0.15) is 0 Å². The smallest absolute Gasteiger partial charge is 0.187 e. The number of halogens is 1. The van der Waals surface area contributed by atoms with Crippen molar-refractivity contribution in [3.05, 3.63) is 77.5 Å². The maximum absolute atomic E-state index is 11.7. The highest BCUT2D eigenvalue weighted by Gasteiger charge is 1.98. The first kappa shape index (κ1) is 12.4. The van der Waals surface area contributed by atoms with Gasteiger partial charge in [0.2, 0.25) is 0 Å². The van der Waals surface area contributed by atoms with Crippen molar-refractivity contribution in [1.82, 2.24) is 0 Å². The third-order valence-corrected chi connectivity index (χ3v) is 2.60. The fraction of sp³-hybridized carbons (Fsp3) is 0. The predicted octanol–water partition coefficient (Wildman–Crippen LogP) is 4.15. The Bertz CT molecular complexity index is 564. The molecule has 2 aromatic carbocycles. The van der Waals surface area contributed by atoms with Crippen LogP contribution in [0.25, 0.3) is 0 Å². The lowest BCUT2D eigenvalue weighted by Crippen LogP contribution is -1.95. The third-order valence-electron chi connectivity index (χ3n) is 2.37. The highest BCUT2D eigenvalue weighted by Crippen LogP contribution is 2.14. The maximum Gasteiger partial charge on any atom is 0.187 e. The standard InChI is InChI=1S/C15H12ClNO/c16-13-7-4-8-14(11-13)17-10-9-15(18)12-5-2-1-3-6-12/h1-11,17H/b10-9+. The van der Waals surface area contributed by atoms with Gasteiger partial charge >= 0.3 is 0 Å². The summed E-state index contributed by atoms with van der Waals surface area (Å²) >= 11 is 5.85. The number of allylic oxidation sites excluding steroid dienone is 1. The Morgan fingerprint density at radius 2 is 1.83 bits per heavy atom. The Hall–Kier alpha value is -2.06. The van der Waals surface area contributed by atoms with Crippen molar-refractivity contribution in [3.8, 4) is 0 Å². The van der Waals surface area contributed by atoms with Gasteiger partial charge in [-0.2, -0.15) is 0 Å². The van der Waals surface area contributed by atoms with Crippen molar-refractivity contribution in [2.45, 2.75) is 0 Å². The normalized spacial score (nSPS) is 10.5. The number of rotatable bonds is 4. The van der Waals surface area contributed by atoms with Gasteiger partial charge in [0.15, 0.2) is 5.78 Å². The minimum Gasteiger partial charge on any atom is -0.362 e. The van der Waals surface area contributed by atoms with Crippen molar-refractivity contribution < 1.29 is 4.79 Å². The molecule has 0 spiro atoms. The molecule has 0 bridgehead atoms. The van der Waals surface area contributed by atoms with Crippen molar-refractivity contribution in [1.29, 1.82) is 0 Å². The van der Waals surface area contributed by atoms with E-state index in [9.17, 15) is 4.79 Å². The summed E-state index contributed by atoms with van der Waals surface area (Å²) in [5.74, 6) is -0.0369. The van der Waals surface area contributed by atoms with E-state index >= 15 is 0 Å². The van der Waals surface area contributed by atoms with Crippen molar-refractivity contribution >= 4 is 23.1 Å². The molecule has 90 valence electrons. The molecule has 2 aromatic rings. The van der Waals surface area contributed by atoms with Crippen LogP contribution >= 0.6 is 11.6 Å². The zero-order valence-corrected chi connectivity index (χ0v) is 10.4. The number of hydrogen-bond acceptors (Lipinski definition) is 2. The van der Waals surface area contributed by atoms with Crippen molar-refractivity contribution in [2.75, 3.05) is 5.32 Å². The fourth-order valence-corrected chi connectivity index (χ4v) is 1.68. The van der Waals surface area contributed by atoms with E-state index in [0.717, 1.165) is 5.69 Å². The first-order valence-electron chi connectivity index (χ1n) is 5.54. The molecule has 2 rings (SSSR count). The summed E-state index contributed by atoms with van der Waals surface area (Å²) < 4.78 is 0. The van der Waals surface area contributed by atoms with E-state index < -0.39 is 0 Å². The van der Waals surface area contributed by atoms with Crippen LogP contribution in [0.4, 0.5) is 5.69 Å². The molecule has 0 atom stereocenters. The molecule has 0 aliphatic carbocycles. The molecule has 0 saturated heterocycles. The van der Waals surface area contributed by atoms with E-state index in [2.05, 4.69) is 5.32 Å². The van der Waals surface area contributed by atoms with Crippen LogP contribution in [0.15, 0.2) is 66.9 Å². The van der Waals surface area contributed by atoms with E-state index in [4.69, 9.17) is 11.6 Å². The Morgan fingerprint density at radius 3 is 2.56 bits per heavy atom. The van der Waals surface area contributed by atoms with Gasteiger partial charge in [0, 0.05) is 28.5 Å². The Labute approximate surface area is 111 Å². The monoisotopic (exact) mass is 257 g/mol. The van der Waals surface area contributed by atoms with Gasteiger partial charge in [0.25, 0.3) is 0 Å². The van der Waals surface area contributed by atoms with Crippen LogP contribution in [-0.4, -0.2) is 5.78 Å². The number of benzene rings is 2.